The van der Waals surface area contributed by atoms with E-state index in [1.54, 1.807) is 42.7 Å². The zero-order valence-corrected chi connectivity index (χ0v) is 11.2. The normalized spacial score (nSPS) is 10.6. The topological polar surface area (TPSA) is 64.3 Å². The molecule has 0 radical (unpaired) electrons. The van der Waals surface area contributed by atoms with E-state index in [0.29, 0.717) is 17.1 Å². The van der Waals surface area contributed by atoms with E-state index >= 15 is 0 Å². The van der Waals surface area contributed by atoms with Gasteiger partial charge in [-0.05, 0) is 29.7 Å². The van der Waals surface area contributed by atoms with Crippen molar-refractivity contribution in [3.63, 3.8) is 0 Å². The first-order chi connectivity index (χ1) is 9.19. The standard InChI is InChI=1S/C14H14N2O2S/c1-18-10-4-6-12(15)13(9-10)16-14(17)7-5-11-3-2-8-19-11/h2-9H,15H2,1H3,(H,16,17). The smallest absolute Gasteiger partial charge is 0.248 e. The highest BCUT2D eigenvalue weighted by atomic mass is 32.1. The molecule has 2 aromatic rings. The molecule has 0 unspecified atom stereocenters. The molecule has 1 heterocycles. The summed E-state index contributed by atoms with van der Waals surface area (Å²) in [4.78, 5) is 12.8. The number of nitrogen functional groups attached to an aromatic ring is 1. The minimum Gasteiger partial charge on any atom is -0.497 e. The van der Waals surface area contributed by atoms with Crippen LogP contribution in [0.2, 0.25) is 0 Å². The van der Waals surface area contributed by atoms with Crippen molar-refractivity contribution in [2.45, 2.75) is 0 Å². The molecule has 1 amide bonds. The Morgan fingerprint density at radius 2 is 2.26 bits per heavy atom. The number of thiophene rings is 1. The molecular formula is C14H14N2O2S. The van der Waals surface area contributed by atoms with E-state index in [0.717, 1.165) is 4.88 Å². The second-order valence-electron chi connectivity index (χ2n) is 3.79. The number of carbonyl (C=O) groups excluding carboxylic acids is 1. The summed E-state index contributed by atoms with van der Waals surface area (Å²) in [6, 6.07) is 8.99. The zero-order chi connectivity index (χ0) is 13.7. The molecule has 5 heteroatoms. The minimum absolute atomic E-state index is 0.228. The average molecular weight is 274 g/mol. The Kier molecular flexibility index (Phi) is 4.20. The molecule has 0 aliphatic carbocycles. The lowest BCUT2D eigenvalue weighted by atomic mass is 10.2. The Hall–Kier alpha value is -2.27. The number of hydrogen-bond donors (Lipinski definition) is 2. The molecule has 0 aliphatic heterocycles. The molecule has 2 rings (SSSR count). The fourth-order valence-electron chi connectivity index (χ4n) is 1.49. The average Bonchev–Trinajstić information content (AvgIpc) is 2.92. The van der Waals surface area contributed by atoms with Gasteiger partial charge in [0.25, 0.3) is 0 Å². The van der Waals surface area contributed by atoms with Crippen LogP contribution in [0.4, 0.5) is 11.4 Å². The van der Waals surface area contributed by atoms with Crippen LogP contribution in [-0.4, -0.2) is 13.0 Å². The van der Waals surface area contributed by atoms with E-state index in [1.165, 1.54) is 6.08 Å². The fraction of sp³-hybridized carbons (Fsp3) is 0.0714. The summed E-state index contributed by atoms with van der Waals surface area (Å²) < 4.78 is 5.09. The third-order valence-corrected chi connectivity index (χ3v) is 3.30. The predicted molar refractivity (Wildman–Crippen MR) is 79.4 cm³/mol. The van der Waals surface area contributed by atoms with E-state index in [2.05, 4.69) is 5.32 Å². The highest BCUT2D eigenvalue weighted by molar-refractivity contribution is 7.10. The first kappa shape index (κ1) is 13.2. The van der Waals surface area contributed by atoms with Crippen LogP contribution in [0, 0.1) is 0 Å². The van der Waals surface area contributed by atoms with Gasteiger partial charge in [0.1, 0.15) is 5.75 Å². The van der Waals surface area contributed by atoms with Gasteiger partial charge in [0.05, 0.1) is 18.5 Å². The summed E-state index contributed by atoms with van der Waals surface area (Å²) in [5.41, 5.74) is 6.83. The molecule has 1 aromatic heterocycles. The van der Waals surface area contributed by atoms with Gasteiger partial charge in [-0.15, -0.1) is 11.3 Å². The maximum atomic E-state index is 11.8. The molecule has 0 aliphatic rings. The van der Waals surface area contributed by atoms with Gasteiger partial charge in [-0.25, -0.2) is 0 Å². The Morgan fingerprint density at radius 3 is 2.95 bits per heavy atom. The molecule has 4 nitrogen and oxygen atoms in total. The molecule has 1 aromatic carbocycles. The van der Waals surface area contributed by atoms with Crippen molar-refractivity contribution < 1.29 is 9.53 Å². The molecule has 3 N–H and O–H groups in total. The first-order valence-electron chi connectivity index (χ1n) is 5.65. The SMILES string of the molecule is COc1ccc(N)c(NC(=O)C=Cc2cccs2)c1. The van der Waals surface area contributed by atoms with Crippen LogP contribution in [0.15, 0.2) is 41.8 Å². The van der Waals surface area contributed by atoms with Crippen molar-refractivity contribution >= 4 is 34.7 Å². The maximum Gasteiger partial charge on any atom is 0.248 e. The summed E-state index contributed by atoms with van der Waals surface area (Å²) in [7, 11) is 1.56. The maximum absolute atomic E-state index is 11.8. The van der Waals surface area contributed by atoms with Gasteiger partial charge in [-0.3, -0.25) is 4.79 Å². The van der Waals surface area contributed by atoms with Gasteiger partial charge in [0, 0.05) is 17.0 Å². The van der Waals surface area contributed by atoms with Gasteiger partial charge in [0.15, 0.2) is 0 Å². The Bertz CT molecular complexity index is 591. The lowest BCUT2D eigenvalue weighted by Crippen LogP contribution is -2.09. The highest BCUT2D eigenvalue weighted by Gasteiger charge is 2.04. The number of methoxy groups -OCH3 is 1. The van der Waals surface area contributed by atoms with Crippen LogP contribution in [0.1, 0.15) is 4.88 Å². The van der Waals surface area contributed by atoms with Gasteiger partial charge >= 0.3 is 0 Å². The van der Waals surface area contributed by atoms with E-state index < -0.39 is 0 Å². The van der Waals surface area contributed by atoms with Crippen molar-refractivity contribution in [2.24, 2.45) is 0 Å². The largest absolute Gasteiger partial charge is 0.497 e. The summed E-state index contributed by atoms with van der Waals surface area (Å²) in [6.07, 6.45) is 3.24. The van der Waals surface area contributed by atoms with Gasteiger partial charge in [0.2, 0.25) is 5.91 Å². The number of benzene rings is 1. The van der Waals surface area contributed by atoms with Crippen molar-refractivity contribution in [3.8, 4) is 5.75 Å². The third kappa shape index (κ3) is 3.59. The highest BCUT2D eigenvalue weighted by Crippen LogP contribution is 2.24. The molecule has 0 saturated carbocycles. The van der Waals surface area contributed by atoms with Gasteiger partial charge in [-0.1, -0.05) is 6.07 Å². The summed E-state index contributed by atoms with van der Waals surface area (Å²) in [6.45, 7) is 0. The quantitative estimate of drug-likeness (QED) is 0.665. The number of carbonyl (C=O) groups is 1. The number of amides is 1. The van der Waals surface area contributed by atoms with Crippen LogP contribution in [0.3, 0.4) is 0 Å². The van der Waals surface area contributed by atoms with Crippen LogP contribution < -0.4 is 15.8 Å². The fourth-order valence-corrected chi connectivity index (χ4v) is 2.11. The first-order valence-corrected chi connectivity index (χ1v) is 6.53. The van der Waals surface area contributed by atoms with Crippen LogP contribution >= 0.6 is 11.3 Å². The van der Waals surface area contributed by atoms with Gasteiger partial charge < -0.3 is 15.8 Å². The van der Waals surface area contributed by atoms with Crippen molar-refractivity contribution in [3.05, 3.63) is 46.7 Å². The Morgan fingerprint density at radius 1 is 1.42 bits per heavy atom. The summed E-state index contributed by atoms with van der Waals surface area (Å²) in [5, 5.41) is 4.68. The van der Waals surface area contributed by atoms with E-state index in [4.69, 9.17) is 10.5 Å². The number of nitrogens with one attached hydrogen (secondary N) is 1. The van der Waals surface area contributed by atoms with E-state index in [9.17, 15) is 4.79 Å². The van der Waals surface area contributed by atoms with Crippen LogP contribution in [-0.2, 0) is 4.79 Å². The molecule has 98 valence electrons. The molecule has 0 saturated heterocycles. The minimum atomic E-state index is -0.228. The Balaban J connectivity index is 2.06. The number of nitrogens with two attached hydrogens (primary N) is 1. The molecule has 0 fully saturated rings. The van der Waals surface area contributed by atoms with Crippen molar-refractivity contribution in [1.82, 2.24) is 0 Å². The molecule has 0 spiro atoms. The van der Waals surface area contributed by atoms with Crippen molar-refractivity contribution in [1.29, 1.82) is 0 Å². The van der Waals surface area contributed by atoms with E-state index in [1.807, 2.05) is 17.5 Å². The zero-order valence-electron chi connectivity index (χ0n) is 10.4. The molecule has 0 bridgehead atoms. The predicted octanol–water partition coefficient (Wildman–Crippen LogP) is 2.99. The monoisotopic (exact) mass is 274 g/mol. The molecular weight excluding hydrogens is 260 g/mol. The van der Waals surface area contributed by atoms with Crippen LogP contribution in [0.5, 0.6) is 5.75 Å². The third-order valence-electron chi connectivity index (χ3n) is 2.46. The number of hydrogen-bond acceptors (Lipinski definition) is 4. The summed E-state index contributed by atoms with van der Waals surface area (Å²) in [5.74, 6) is 0.417. The second kappa shape index (κ2) is 6.06. The summed E-state index contributed by atoms with van der Waals surface area (Å²) >= 11 is 1.57. The lowest BCUT2D eigenvalue weighted by Gasteiger charge is -2.08. The molecule has 0 atom stereocenters. The molecule has 19 heavy (non-hydrogen) atoms. The number of rotatable bonds is 4. The number of ether oxygens (including phenoxy) is 1. The van der Waals surface area contributed by atoms with Crippen LogP contribution in [0.25, 0.3) is 6.08 Å². The lowest BCUT2D eigenvalue weighted by molar-refractivity contribution is -0.111. The van der Waals surface area contributed by atoms with Crippen molar-refractivity contribution in [2.75, 3.05) is 18.2 Å². The Labute approximate surface area is 115 Å². The van der Waals surface area contributed by atoms with E-state index in [-0.39, 0.29) is 5.91 Å². The second-order valence-corrected chi connectivity index (χ2v) is 4.77. The van der Waals surface area contributed by atoms with Gasteiger partial charge in [-0.2, -0.15) is 0 Å². The number of anilines is 2.